The number of hydrogen-bond donors (Lipinski definition) is 1. The molecule has 140 valence electrons. The second kappa shape index (κ2) is 6.81. The summed E-state index contributed by atoms with van der Waals surface area (Å²) in [7, 11) is -7.37. The summed E-state index contributed by atoms with van der Waals surface area (Å²) in [5, 5.41) is 0. The summed E-state index contributed by atoms with van der Waals surface area (Å²) >= 11 is 0. The number of anilines is 1. The van der Waals surface area contributed by atoms with Crippen molar-refractivity contribution < 1.29 is 26.3 Å². The largest absolute Gasteiger partial charge is 0.490 e. The summed E-state index contributed by atoms with van der Waals surface area (Å²) in [6.07, 6.45) is 1.78. The predicted molar refractivity (Wildman–Crippen MR) is 97.1 cm³/mol. The van der Waals surface area contributed by atoms with Gasteiger partial charge >= 0.3 is 0 Å². The molecule has 3 rings (SSSR count). The number of nitrogens with one attached hydrogen (secondary N) is 1. The van der Waals surface area contributed by atoms with E-state index in [1.54, 1.807) is 19.1 Å². The molecule has 2 aromatic rings. The number of aryl methyl sites for hydroxylation is 1. The van der Waals surface area contributed by atoms with Crippen LogP contribution < -0.4 is 14.2 Å². The predicted octanol–water partition coefficient (Wildman–Crippen LogP) is 2.36. The van der Waals surface area contributed by atoms with Crippen molar-refractivity contribution in [1.29, 1.82) is 0 Å². The lowest BCUT2D eigenvalue weighted by molar-refractivity contribution is 0.297. The molecule has 0 saturated carbocycles. The van der Waals surface area contributed by atoms with Gasteiger partial charge in [-0.25, -0.2) is 16.8 Å². The summed E-state index contributed by atoms with van der Waals surface area (Å²) in [6.45, 7) is 2.64. The first-order valence-electron chi connectivity index (χ1n) is 7.90. The van der Waals surface area contributed by atoms with Crippen LogP contribution in [0.25, 0.3) is 0 Å². The second-order valence-corrected chi connectivity index (χ2v) is 9.71. The number of benzene rings is 2. The number of ether oxygens (including phenoxy) is 2. The number of rotatable bonds is 4. The van der Waals surface area contributed by atoms with E-state index >= 15 is 0 Å². The van der Waals surface area contributed by atoms with Crippen molar-refractivity contribution in [2.75, 3.05) is 24.2 Å². The van der Waals surface area contributed by atoms with Crippen LogP contribution in [0.4, 0.5) is 5.69 Å². The van der Waals surface area contributed by atoms with Crippen molar-refractivity contribution in [3.63, 3.8) is 0 Å². The Kier molecular flexibility index (Phi) is 4.85. The first kappa shape index (κ1) is 18.5. The van der Waals surface area contributed by atoms with Gasteiger partial charge < -0.3 is 9.47 Å². The minimum Gasteiger partial charge on any atom is -0.490 e. The number of sulfonamides is 1. The lowest BCUT2D eigenvalue weighted by Crippen LogP contribution is -2.14. The Bertz CT molecular complexity index is 1040. The van der Waals surface area contributed by atoms with Crippen LogP contribution in [0.3, 0.4) is 0 Å². The van der Waals surface area contributed by atoms with E-state index in [1.807, 2.05) is 0 Å². The zero-order valence-electron chi connectivity index (χ0n) is 14.4. The number of fused-ring (bicyclic) bond motifs is 1. The molecule has 0 fully saturated rings. The van der Waals surface area contributed by atoms with E-state index in [0.717, 1.165) is 6.26 Å². The van der Waals surface area contributed by atoms with E-state index in [0.29, 0.717) is 36.7 Å². The molecule has 0 aliphatic carbocycles. The zero-order valence-corrected chi connectivity index (χ0v) is 16.0. The van der Waals surface area contributed by atoms with Crippen LogP contribution in [0, 0.1) is 6.92 Å². The molecule has 0 radical (unpaired) electrons. The van der Waals surface area contributed by atoms with Gasteiger partial charge in [0.05, 0.1) is 28.7 Å². The van der Waals surface area contributed by atoms with Crippen molar-refractivity contribution >= 4 is 25.5 Å². The summed E-state index contributed by atoms with van der Waals surface area (Å²) in [4.78, 5) is 0.0466. The molecule has 0 amide bonds. The Balaban J connectivity index is 1.96. The molecule has 1 aliphatic heterocycles. The Morgan fingerprint density at radius 3 is 2.23 bits per heavy atom. The van der Waals surface area contributed by atoms with Crippen LogP contribution >= 0.6 is 0 Å². The fourth-order valence-corrected chi connectivity index (χ4v) is 4.24. The van der Waals surface area contributed by atoms with Gasteiger partial charge in [-0.05, 0) is 36.8 Å². The normalized spacial score (nSPS) is 14.5. The third kappa shape index (κ3) is 3.94. The Morgan fingerprint density at radius 2 is 1.54 bits per heavy atom. The highest BCUT2D eigenvalue weighted by atomic mass is 32.2. The fraction of sp³-hybridized carbons (Fsp3) is 0.294. The van der Waals surface area contributed by atoms with Crippen molar-refractivity contribution in [1.82, 2.24) is 0 Å². The minimum absolute atomic E-state index is 0.00547. The summed E-state index contributed by atoms with van der Waals surface area (Å²) in [5.74, 6) is 0.865. The molecule has 0 bridgehead atoms. The van der Waals surface area contributed by atoms with Gasteiger partial charge in [0.15, 0.2) is 21.3 Å². The average Bonchev–Trinajstić information content (AvgIpc) is 2.80. The van der Waals surface area contributed by atoms with Crippen LogP contribution in [0.1, 0.15) is 12.0 Å². The van der Waals surface area contributed by atoms with Crippen molar-refractivity contribution in [2.24, 2.45) is 0 Å². The highest BCUT2D eigenvalue weighted by Crippen LogP contribution is 2.33. The maximum absolute atomic E-state index is 12.7. The van der Waals surface area contributed by atoms with Gasteiger partial charge in [0.2, 0.25) is 0 Å². The highest BCUT2D eigenvalue weighted by molar-refractivity contribution is 7.92. The van der Waals surface area contributed by atoms with Crippen LogP contribution in [0.5, 0.6) is 11.5 Å². The molecule has 1 aliphatic rings. The molecule has 1 N–H and O–H groups in total. The van der Waals surface area contributed by atoms with Crippen molar-refractivity contribution in [3.05, 3.63) is 42.0 Å². The highest BCUT2D eigenvalue weighted by Gasteiger charge is 2.20. The van der Waals surface area contributed by atoms with E-state index in [1.165, 1.54) is 24.3 Å². The smallest absolute Gasteiger partial charge is 0.262 e. The molecule has 0 saturated heterocycles. The molecule has 0 spiro atoms. The Morgan fingerprint density at radius 1 is 0.885 bits per heavy atom. The standard InChI is InChI=1S/C17H19NO6S2/c1-12-4-5-13(25(2,19)20)10-15(12)18-26(21,22)14-6-7-16-17(11-14)24-9-3-8-23-16/h4-7,10-11,18H,3,8-9H2,1-2H3. The molecule has 9 heteroatoms. The van der Waals surface area contributed by atoms with Crippen LogP contribution in [0.15, 0.2) is 46.2 Å². The van der Waals surface area contributed by atoms with Gasteiger partial charge in [0.1, 0.15) is 0 Å². The number of sulfone groups is 1. The Hall–Kier alpha value is -2.26. The van der Waals surface area contributed by atoms with Crippen LogP contribution in [-0.4, -0.2) is 36.3 Å². The van der Waals surface area contributed by atoms with Crippen LogP contribution in [0.2, 0.25) is 0 Å². The molecule has 26 heavy (non-hydrogen) atoms. The van der Waals surface area contributed by atoms with Gasteiger partial charge in [0.25, 0.3) is 10.0 Å². The average molecular weight is 397 g/mol. The van der Waals surface area contributed by atoms with E-state index in [4.69, 9.17) is 9.47 Å². The van der Waals surface area contributed by atoms with Gasteiger partial charge in [-0.2, -0.15) is 0 Å². The molecule has 7 nitrogen and oxygen atoms in total. The molecule has 2 aromatic carbocycles. The topological polar surface area (TPSA) is 98.8 Å². The number of hydrogen-bond acceptors (Lipinski definition) is 6. The Labute approximate surface area is 152 Å². The lowest BCUT2D eigenvalue weighted by Gasteiger charge is -2.13. The van der Waals surface area contributed by atoms with Crippen molar-refractivity contribution in [3.8, 4) is 11.5 Å². The summed E-state index contributed by atoms with van der Waals surface area (Å²) in [6, 6.07) is 8.68. The third-order valence-electron chi connectivity index (χ3n) is 3.91. The molecule has 0 aromatic heterocycles. The van der Waals surface area contributed by atoms with E-state index in [-0.39, 0.29) is 15.5 Å². The van der Waals surface area contributed by atoms with Crippen LogP contribution in [-0.2, 0) is 19.9 Å². The molecule has 1 heterocycles. The maximum Gasteiger partial charge on any atom is 0.262 e. The first-order chi connectivity index (χ1) is 12.2. The van der Waals surface area contributed by atoms with Gasteiger partial charge in [0, 0.05) is 18.7 Å². The second-order valence-electron chi connectivity index (χ2n) is 6.01. The molecule has 0 atom stereocenters. The third-order valence-corrected chi connectivity index (χ3v) is 6.38. The van der Waals surface area contributed by atoms with Crippen molar-refractivity contribution in [2.45, 2.75) is 23.1 Å². The van der Waals surface area contributed by atoms with Gasteiger partial charge in [-0.3, -0.25) is 4.72 Å². The summed E-state index contributed by atoms with van der Waals surface area (Å²) < 4.78 is 62.4. The van der Waals surface area contributed by atoms with E-state index < -0.39 is 19.9 Å². The fourth-order valence-electron chi connectivity index (χ4n) is 2.46. The summed E-state index contributed by atoms with van der Waals surface area (Å²) in [5.41, 5.74) is 0.815. The lowest BCUT2D eigenvalue weighted by atomic mass is 10.2. The monoisotopic (exact) mass is 397 g/mol. The van der Waals surface area contributed by atoms with Gasteiger partial charge in [-0.1, -0.05) is 6.07 Å². The van der Waals surface area contributed by atoms with Gasteiger partial charge in [-0.15, -0.1) is 0 Å². The minimum atomic E-state index is -3.92. The quantitative estimate of drug-likeness (QED) is 0.850. The van der Waals surface area contributed by atoms with E-state index in [2.05, 4.69) is 4.72 Å². The molecular weight excluding hydrogens is 378 g/mol. The molecule has 0 unspecified atom stereocenters. The molecular formula is C17H19NO6S2. The van der Waals surface area contributed by atoms with E-state index in [9.17, 15) is 16.8 Å². The SMILES string of the molecule is Cc1ccc(S(C)(=O)=O)cc1NS(=O)(=O)c1ccc2c(c1)OCCCO2. The zero-order chi connectivity index (χ0) is 18.9. The maximum atomic E-state index is 12.7. The first-order valence-corrected chi connectivity index (χ1v) is 11.3.